The van der Waals surface area contributed by atoms with Gasteiger partial charge >= 0.3 is 0 Å². The third-order valence-corrected chi connectivity index (χ3v) is 2.05. The highest BCUT2D eigenvalue weighted by Crippen LogP contribution is 2.20. The Balaban J connectivity index is 2.61. The molecule has 2 aromatic rings. The van der Waals surface area contributed by atoms with Gasteiger partial charge in [0, 0.05) is 0 Å². The van der Waals surface area contributed by atoms with E-state index < -0.39 is 0 Å². The molecule has 0 spiro atoms. The van der Waals surface area contributed by atoms with Crippen LogP contribution in [0.4, 0.5) is 5.82 Å². The lowest BCUT2D eigenvalue weighted by Gasteiger charge is -1.96. The van der Waals surface area contributed by atoms with Crippen LogP contribution in [0, 0.1) is 0 Å². The van der Waals surface area contributed by atoms with Gasteiger partial charge in [0.2, 0.25) is 0 Å². The molecule has 2 aromatic heterocycles. The molecule has 3 heterocycles. The van der Waals surface area contributed by atoms with Crippen LogP contribution >= 0.6 is 0 Å². The minimum Gasteiger partial charge on any atom is -0.365 e. The summed E-state index contributed by atoms with van der Waals surface area (Å²) in [6.07, 6.45) is 1.92. The quantitative estimate of drug-likeness (QED) is 0.604. The van der Waals surface area contributed by atoms with E-state index in [1.54, 1.807) is 0 Å². The van der Waals surface area contributed by atoms with Crippen molar-refractivity contribution in [2.45, 2.75) is 6.54 Å². The number of nitrogens with one attached hydrogen (secondary N) is 1. The lowest BCUT2D eigenvalue weighted by Crippen LogP contribution is -1.90. The Morgan fingerprint density at radius 2 is 2.45 bits per heavy atom. The van der Waals surface area contributed by atoms with E-state index in [0.717, 1.165) is 18.0 Å². The molecule has 3 heteroatoms. The molecule has 0 saturated carbocycles. The van der Waals surface area contributed by atoms with Crippen LogP contribution in [-0.4, -0.2) is 9.38 Å². The summed E-state index contributed by atoms with van der Waals surface area (Å²) in [6, 6.07) is 6.09. The summed E-state index contributed by atoms with van der Waals surface area (Å²) in [5.74, 6) is 1.15. The third kappa shape index (κ3) is 0.510. The Bertz CT molecular complexity index is 416. The number of hydrogen-bond donors (Lipinski definition) is 1. The van der Waals surface area contributed by atoms with Crippen LogP contribution in [0.15, 0.2) is 24.4 Å². The van der Waals surface area contributed by atoms with Crippen molar-refractivity contribution in [2.75, 3.05) is 5.32 Å². The zero-order valence-corrected chi connectivity index (χ0v) is 5.91. The summed E-state index contributed by atoms with van der Waals surface area (Å²) in [6.45, 7) is 0.903. The van der Waals surface area contributed by atoms with E-state index >= 15 is 0 Å². The molecule has 0 unspecified atom stereocenters. The van der Waals surface area contributed by atoms with Crippen molar-refractivity contribution in [1.29, 1.82) is 0 Å². The number of hydrogen-bond acceptors (Lipinski definition) is 2. The maximum atomic E-state index is 4.25. The number of pyridine rings is 1. The highest BCUT2D eigenvalue weighted by Gasteiger charge is 2.12. The SMILES string of the molecule is c1cc2n3c(cnc3c1)CN2. The van der Waals surface area contributed by atoms with Crippen LogP contribution in [0.3, 0.4) is 0 Å². The van der Waals surface area contributed by atoms with Crippen molar-refractivity contribution in [3.8, 4) is 0 Å². The van der Waals surface area contributed by atoms with Crippen LogP contribution in [0.2, 0.25) is 0 Å². The number of imidazole rings is 1. The average molecular weight is 145 g/mol. The van der Waals surface area contributed by atoms with Gasteiger partial charge in [-0.25, -0.2) is 4.98 Å². The average Bonchev–Trinajstić information content (AvgIpc) is 2.60. The maximum Gasteiger partial charge on any atom is 0.138 e. The zero-order chi connectivity index (χ0) is 7.26. The fourth-order valence-corrected chi connectivity index (χ4v) is 1.54. The van der Waals surface area contributed by atoms with Crippen molar-refractivity contribution in [1.82, 2.24) is 9.38 Å². The van der Waals surface area contributed by atoms with E-state index in [0.29, 0.717) is 0 Å². The third-order valence-electron chi connectivity index (χ3n) is 2.05. The second kappa shape index (κ2) is 1.56. The molecule has 0 fully saturated rings. The van der Waals surface area contributed by atoms with Crippen LogP contribution in [0.1, 0.15) is 5.69 Å². The molecule has 0 amide bonds. The molecule has 1 aliphatic heterocycles. The van der Waals surface area contributed by atoms with Gasteiger partial charge in [0.05, 0.1) is 18.4 Å². The van der Waals surface area contributed by atoms with Gasteiger partial charge in [-0.1, -0.05) is 6.07 Å². The summed E-state index contributed by atoms with van der Waals surface area (Å²) in [4.78, 5) is 4.25. The van der Waals surface area contributed by atoms with Crippen molar-refractivity contribution in [3.05, 3.63) is 30.1 Å². The molecule has 11 heavy (non-hydrogen) atoms. The Hall–Kier alpha value is -1.51. The summed E-state index contributed by atoms with van der Waals surface area (Å²) in [5, 5.41) is 3.28. The summed E-state index contributed by atoms with van der Waals surface area (Å²) in [7, 11) is 0. The lowest BCUT2D eigenvalue weighted by molar-refractivity contribution is 1.14. The Labute approximate surface area is 63.7 Å². The predicted molar refractivity (Wildman–Crippen MR) is 42.5 cm³/mol. The van der Waals surface area contributed by atoms with Gasteiger partial charge in [-0.2, -0.15) is 0 Å². The van der Waals surface area contributed by atoms with E-state index in [1.807, 2.05) is 18.3 Å². The molecular weight excluding hydrogens is 138 g/mol. The monoisotopic (exact) mass is 145 g/mol. The molecule has 0 bridgehead atoms. The normalized spacial score (nSPS) is 13.8. The molecular formula is C8H7N3. The standard InChI is InChI=1S/C8H7N3/c1-2-7-9-4-6-5-10-8(3-1)11(6)7/h1-4,10H,5H2. The summed E-state index contributed by atoms with van der Waals surface area (Å²) < 4.78 is 2.14. The van der Waals surface area contributed by atoms with Gasteiger partial charge in [-0.3, -0.25) is 4.40 Å². The molecule has 54 valence electrons. The topological polar surface area (TPSA) is 29.3 Å². The first-order valence-corrected chi connectivity index (χ1v) is 3.64. The lowest BCUT2D eigenvalue weighted by atomic mass is 10.4. The summed E-state index contributed by atoms with van der Waals surface area (Å²) >= 11 is 0. The maximum absolute atomic E-state index is 4.25. The Morgan fingerprint density at radius 3 is 3.45 bits per heavy atom. The van der Waals surface area contributed by atoms with Gasteiger partial charge in [-0.05, 0) is 12.1 Å². The van der Waals surface area contributed by atoms with Crippen molar-refractivity contribution in [2.24, 2.45) is 0 Å². The molecule has 0 aromatic carbocycles. The van der Waals surface area contributed by atoms with Crippen LogP contribution in [0.5, 0.6) is 0 Å². The van der Waals surface area contributed by atoms with Gasteiger partial charge in [0.25, 0.3) is 0 Å². The summed E-state index contributed by atoms with van der Waals surface area (Å²) in [5.41, 5.74) is 2.28. The molecule has 0 saturated heterocycles. The van der Waals surface area contributed by atoms with Gasteiger partial charge in [-0.15, -0.1) is 0 Å². The zero-order valence-electron chi connectivity index (χ0n) is 5.91. The van der Waals surface area contributed by atoms with Crippen molar-refractivity contribution < 1.29 is 0 Å². The fourth-order valence-electron chi connectivity index (χ4n) is 1.54. The highest BCUT2D eigenvalue weighted by atomic mass is 15.2. The fraction of sp³-hybridized carbons (Fsp3) is 0.125. The highest BCUT2D eigenvalue weighted by molar-refractivity contribution is 5.55. The molecule has 0 aliphatic carbocycles. The molecule has 1 aliphatic rings. The van der Waals surface area contributed by atoms with E-state index in [9.17, 15) is 0 Å². The van der Waals surface area contributed by atoms with Crippen molar-refractivity contribution in [3.63, 3.8) is 0 Å². The first kappa shape index (κ1) is 5.18. The molecule has 3 rings (SSSR count). The second-order valence-electron chi connectivity index (χ2n) is 2.71. The number of aromatic nitrogens is 2. The van der Waals surface area contributed by atoms with E-state index in [2.05, 4.69) is 20.8 Å². The van der Waals surface area contributed by atoms with Crippen LogP contribution in [0.25, 0.3) is 5.65 Å². The minimum absolute atomic E-state index is 0.903. The number of rotatable bonds is 0. The molecule has 0 atom stereocenters. The molecule has 1 N–H and O–H groups in total. The van der Waals surface area contributed by atoms with Crippen molar-refractivity contribution >= 4 is 11.5 Å². The second-order valence-corrected chi connectivity index (χ2v) is 2.71. The van der Waals surface area contributed by atoms with Gasteiger partial charge in [0.1, 0.15) is 11.5 Å². The first-order chi connectivity index (χ1) is 5.45. The van der Waals surface area contributed by atoms with Crippen LogP contribution in [-0.2, 0) is 6.54 Å². The van der Waals surface area contributed by atoms with Crippen LogP contribution < -0.4 is 5.32 Å². The van der Waals surface area contributed by atoms with Gasteiger partial charge in [0.15, 0.2) is 0 Å². The first-order valence-electron chi connectivity index (χ1n) is 3.64. The van der Waals surface area contributed by atoms with E-state index in [1.165, 1.54) is 5.69 Å². The number of nitrogens with zero attached hydrogens (tertiary/aromatic N) is 2. The molecule has 0 radical (unpaired) electrons. The van der Waals surface area contributed by atoms with E-state index in [-0.39, 0.29) is 0 Å². The number of anilines is 1. The molecule has 3 nitrogen and oxygen atoms in total. The smallest absolute Gasteiger partial charge is 0.138 e. The Morgan fingerprint density at radius 1 is 1.45 bits per heavy atom. The van der Waals surface area contributed by atoms with E-state index in [4.69, 9.17) is 0 Å². The predicted octanol–water partition coefficient (Wildman–Crippen LogP) is 1.26. The van der Waals surface area contributed by atoms with Gasteiger partial charge < -0.3 is 5.32 Å². The Kier molecular flexibility index (Phi) is 0.733. The largest absolute Gasteiger partial charge is 0.365 e. The minimum atomic E-state index is 0.903.